The van der Waals surface area contributed by atoms with E-state index in [4.69, 9.17) is 14.2 Å². The fourth-order valence-corrected chi connectivity index (χ4v) is 2.89. The van der Waals surface area contributed by atoms with Crippen molar-refractivity contribution in [1.82, 2.24) is 5.32 Å². The van der Waals surface area contributed by atoms with E-state index in [0.29, 0.717) is 29.4 Å². The van der Waals surface area contributed by atoms with E-state index in [0.717, 1.165) is 5.56 Å². The minimum Gasteiger partial charge on any atom is -0.618 e. The zero-order chi connectivity index (χ0) is 20.1. The van der Waals surface area contributed by atoms with Crippen LogP contribution in [0.2, 0.25) is 0 Å². The highest BCUT2D eigenvalue weighted by atomic mass is 16.6. The Morgan fingerprint density at radius 2 is 1.93 bits per heavy atom. The number of carbonyl (C=O) groups is 2. The lowest BCUT2D eigenvalue weighted by molar-refractivity contribution is -0.608. The van der Waals surface area contributed by atoms with Crippen LogP contribution in [0.15, 0.2) is 42.6 Å². The summed E-state index contributed by atoms with van der Waals surface area (Å²) < 4.78 is 16.5. The van der Waals surface area contributed by atoms with Crippen molar-refractivity contribution < 1.29 is 28.5 Å². The molecule has 1 aromatic heterocycles. The summed E-state index contributed by atoms with van der Waals surface area (Å²) in [4.78, 5) is 24.3. The molecule has 1 aromatic carbocycles. The highest BCUT2D eigenvalue weighted by molar-refractivity contribution is 5.88. The standard InChI is InChI=1S/C20H22N2O6/c1-13(2)19(14-6-7-16-17(11-14)27-10-9-26-16)21-18(23)12-28-20(24)15-5-3-4-8-22(15)25/h3-8,11,13,19H,9-10,12H2,1-2H3,(H,21,23)/t19-/m0/s1. The average molecular weight is 386 g/mol. The van der Waals surface area contributed by atoms with Crippen LogP contribution >= 0.6 is 0 Å². The second-order valence-electron chi connectivity index (χ2n) is 6.68. The van der Waals surface area contributed by atoms with Crippen molar-refractivity contribution in [3.63, 3.8) is 0 Å². The van der Waals surface area contributed by atoms with Crippen molar-refractivity contribution in [2.75, 3.05) is 19.8 Å². The quantitative estimate of drug-likeness (QED) is 0.461. The maximum atomic E-state index is 12.3. The Balaban J connectivity index is 1.63. The van der Waals surface area contributed by atoms with Gasteiger partial charge in [-0.15, -0.1) is 0 Å². The predicted octanol–water partition coefficient (Wildman–Crippen LogP) is 1.76. The summed E-state index contributed by atoms with van der Waals surface area (Å²) in [5.41, 5.74) is 0.682. The molecule has 0 saturated carbocycles. The van der Waals surface area contributed by atoms with Gasteiger partial charge in [0.15, 0.2) is 24.3 Å². The van der Waals surface area contributed by atoms with Crippen LogP contribution in [0.1, 0.15) is 35.9 Å². The second kappa shape index (κ2) is 8.60. The van der Waals surface area contributed by atoms with Gasteiger partial charge in [0.2, 0.25) is 0 Å². The van der Waals surface area contributed by atoms with Gasteiger partial charge in [-0.05, 0) is 29.7 Å². The number of benzene rings is 1. The molecule has 1 N–H and O–H groups in total. The zero-order valence-corrected chi connectivity index (χ0v) is 15.7. The van der Waals surface area contributed by atoms with Crippen molar-refractivity contribution >= 4 is 11.9 Å². The maximum absolute atomic E-state index is 12.3. The molecule has 1 aliphatic heterocycles. The molecule has 0 spiro atoms. The molecule has 1 amide bonds. The van der Waals surface area contributed by atoms with Crippen LogP contribution in [0.4, 0.5) is 0 Å². The first-order valence-electron chi connectivity index (χ1n) is 9.00. The molecule has 1 atom stereocenters. The molecule has 1 aliphatic rings. The highest BCUT2D eigenvalue weighted by Gasteiger charge is 2.23. The van der Waals surface area contributed by atoms with E-state index in [9.17, 15) is 14.8 Å². The molecule has 2 heterocycles. The molecule has 148 valence electrons. The van der Waals surface area contributed by atoms with Gasteiger partial charge in [-0.1, -0.05) is 19.9 Å². The van der Waals surface area contributed by atoms with Crippen LogP contribution in [0, 0.1) is 11.1 Å². The molecule has 0 unspecified atom stereocenters. The lowest BCUT2D eigenvalue weighted by Gasteiger charge is -2.25. The molecule has 8 heteroatoms. The Morgan fingerprint density at radius 3 is 2.64 bits per heavy atom. The van der Waals surface area contributed by atoms with Gasteiger partial charge in [0.1, 0.15) is 13.2 Å². The average Bonchev–Trinajstić information content (AvgIpc) is 2.70. The fourth-order valence-electron chi connectivity index (χ4n) is 2.89. The molecular formula is C20H22N2O6. The topological polar surface area (TPSA) is 101 Å². The van der Waals surface area contributed by atoms with Crippen molar-refractivity contribution in [2.45, 2.75) is 19.9 Å². The van der Waals surface area contributed by atoms with Gasteiger partial charge in [0, 0.05) is 12.1 Å². The Hall–Kier alpha value is -3.29. The van der Waals surface area contributed by atoms with Gasteiger partial charge in [-0.2, -0.15) is 4.73 Å². The lowest BCUT2D eigenvalue weighted by atomic mass is 9.95. The number of pyridine rings is 1. The third-order valence-corrected chi connectivity index (χ3v) is 4.28. The SMILES string of the molecule is CC(C)[C@H](NC(=O)COC(=O)c1cccc[n+]1[O-])c1ccc2c(c1)OCCO2. The summed E-state index contributed by atoms with van der Waals surface area (Å²) in [5.74, 6) is 0.0762. The summed E-state index contributed by atoms with van der Waals surface area (Å²) in [7, 11) is 0. The predicted molar refractivity (Wildman–Crippen MR) is 98.8 cm³/mol. The molecule has 0 radical (unpaired) electrons. The fraction of sp³-hybridized carbons (Fsp3) is 0.350. The third-order valence-electron chi connectivity index (χ3n) is 4.28. The van der Waals surface area contributed by atoms with Crippen molar-refractivity contribution in [1.29, 1.82) is 0 Å². The number of aromatic nitrogens is 1. The van der Waals surface area contributed by atoms with E-state index in [1.807, 2.05) is 32.0 Å². The number of fused-ring (bicyclic) bond motifs is 1. The highest BCUT2D eigenvalue weighted by Crippen LogP contribution is 2.34. The first-order chi connectivity index (χ1) is 13.5. The number of nitrogens with zero attached hydrogens (tertiary/aromatic N) is 1. The minimum atomic E-state index is -0.855. The van der Waals surface area contributed by atoms with Crippen LogP contribution in [-0.4, -0.2) is 31.7 Å². The summed E-state index contributed by atoms with van der Waals surface area (Å²) in [6, 6.07) is 9.60. The summed E-state index contributed by atoms with van der Waals surface area (Å²) in [6.07, 6.45) is 1.19. The molecule has 0 fully saturated rings. The largest absolute Gasteiger partial charge is 0.618 e. The molecule has 0 aliphatic carbocycles. The number of esters is 1. The molecule has 28 heavy (non-hydrogen) atoms. The maximum Gasteiger partial charge on any atom is 0.405 e. The molecule has 2 aromatic rings. The van der Waals surface area contributed by atoms with Gasteiger partial charge >= 0.3 is 11.7 Å². The van der Waals surface area contributed by atoms with E-state index in [-0.39, 0.29) is 17.7 Å². The summed E-state index contributed by atoms with van der Waals surface area (Å²) in [6.45, 7) is 4.44. The number of hydrogen-bond donors (Lipinski definition) is 1. The monoisotopic (exact) mass is 386 g/mol. The van der Waals surface area contributed by atoms with E-state index >= 15 is 0 Å². The van der Waals surface area contributed by atoms with Crippen LogP contribution < -0.4 is 19.5 Å². The Labute approximate surface area is 162 Å². The number of ether oxygens (including phenoxy) is 3. The van der Waals surface area contributed by atoms with Crippen LogP contribution in [0.5, 0.6) is 11.5 Å². The van der Waals surface area contributed by atoms with Crippen LogP contribution in [0.3, 0.4) is 0 Å². The van der Waals surface area contributed by atoms with Gasteiger partial charge < -0.3 is 24.7 Å². The summed E-state index contributed by atoms with van der Waals surface area (Å²) in [5, 5.41) is 14.4. The van der Waals surface area contributed by atoms with Gasteiger partial charge in [-0.25, -0.2) is 4.79 Å². The van der Waals surface area contributed by atoms with Crippen LogP contribution in [0.25, 0.3) is 0 Å². The van der Waals surface area contributed by atoms with Gasteiger partial charge in [0.25, 0.3) is 5.91 Å². The Morgan fingerprint density at radius 1 is 1.18 bits per heavy atom. The van der Waals surface area contributed by atoms with Gasteiger partial charge in [-0.3, -0.25) is 4.79 Å². The second-order valence-corrected chi connectivity index (χ2v) is 6.68. The normalized spacial score (nSPS) is 13.7. The molecule has 0 saturated heterocycles. The van der Waals surface area contributed by atoms with Crippen molar-refractivity contribution in [3.05, 3.63) is 59.1 Å². The molecule has 8 nitrogen and oxygen atoms in total. The first-order valence-corrected chi connectivity index (χ1v) is 9.00. The third kappa shape index (κ3) is 4.51. The van der Waals surface area contributed by atoms with Crippen LogP contribution in [-0.2, 0) is 9.53 Å². The minimum absolute atomic E-state index is 0.0835. The Bertz CT molecular complexity index is 868. The Kier molecular flexibility index (Phi) is 5.98. The van der Waals surface area contributed by atoms with E-state index in [2.05, 4.69) is 5.32 Å². The summed E-state index contributed by atoms with van der Waals surface area (Å²) >= 11 is 0. The van der Waals surface area contributed by atoms with E-state index in [1.165, 1.54) is 18.3 Å². The van der Waals surface area contributed by atoms with Crippen molar-refractivity contribution in [3.8, 4) is 11.5 Å². The molecule has 3 rings (SSSR count). The number of nitrogens with one attached hydrogen (secondary N) is 1. The number of amides is 1. The number of hydrogen-bond acceptors (Lipinski definition) is 6. The van der Waals surface area contributed by atoms with E-state index < -0.39 is 18.5 Å². The van der Waals surface area contributed by atoms with E-state index in [1.54, 1.807) is 6.07 Å². The molecule has 0 bridgehead atoms. The smallest absolute Gasteiger partial charge is 0.405 e. The molecular weight excluding hydrogens is 364 g/mol. The van der Waals surface area contributed by atoms with Gasteiger partial charge in [0.05, 0.1) is 6.04 Å². The lowest BCUT2D eigenvalue weighted by Crippen LogP contribution is -2.37. The zero-order valence-electron chi connectivity index (χ0n) is 15.7. The van der Waals surface area contributed by atoms with Crippen molar-refractivity contribution in [2.24, 2.45) is 5.92 Å². The first kappa shape index (κ1) is 19.5. The number of rotatable bonds is 6. The number of carbonyl (C=O) groups excluding carboxylic acids is 2.